The maximum absolute atomic E-state index is 13.2. The number of hydrogen-bond acceptors (Lipinski definition) is 6. The van der Waals surface area contributed by atoms with Crippen LogP contribution in [0, 0.1) is 12.8 Å². The van der Waals surface area contributed by atoms with E-state index < -0.39 is 0 Å². The van der Waals surface area contributed by atoms with E-state index in [1.165, 1.54) is 11.3 Å². The van der Waals surface area contributed by atoms with Gasteiger partial charge >= 0.3 is 0 Å². The Kier molecular flexibility index (Phi) is 5.66. The van der Waals surface area contributed by atoms with Crippen LogP contribution in [0.25, 0.3) is 10.6 Å². The highest BCUT2D eigenvalue weighted by Gasteiger charge is 2.30. The van der Waals surface area contributed by atoms with Crippen LogP contribution >= 0.6 is 11.3 Å². The molecule has 3 heterocycles. The summed E-state index contributed by atoms with van der Waals surface area (Å²) in [6.07, 6.45) is 1.31. The molecule has 0 aliphatic carbocycles. The van der Waals surface area contributed by atoms with Crippen molar-refractivity contribution in [3.05, 3.63) is 64.7 Å². The Morgan fingerprint density at radius 2 is 1.72 bits per heavy atom. The topological polar surface area (TPSA) is 68.7 Å². The molecule has 1 amide bonds. The Morgan fingerprint density at radius 3 is 2.47 bits per heavy atom. The van der Waals surface area contributed by atoms with Crippen molar-refractivity contribution in [1.29, 1.82) is 0 Å². The van der Waals surface area contributed by atoms with Crippen molar-refractivity contribution in [2.45, 2.75) is 19.8 Å². The van der Waals surface area contributed by atoms with Gasteiger partial charge in [0.05, 0.1) is 5.69 Å². The predicted molar refractivity (Wildman–Crippen MR) is 123 cm³/mol. The quantitative estimate of drug-likeness (QED) is 0.545. The number of carbonyl (C=O) groups excluding carboxylic acids is 2. The molecule has 32 heavy (non-hydrogen) atoms. The van der Waals surface area contributed by atoms with E-state index in [-0.39, 0.29) is 17.6 Å². The zero-order chi connectivity index (χ0) is 22.1. The lowest BCUT2D eigenvalue weighted by Crippen LogP contribution is -2.40. The van der Waals surface area contributed by atoms with E-state index in [2.05, 4.69) is 4.98 Å². The summed E-state index contributed by atoms with van der Waals surface area (Å²) in [7, 11) is 0. The van der Waals surface area contributed by atoms with Crippen LogP contribution in [0.2, 0.25) is 0 Å². The van der Waals surface area contributed by atoms with Crippen LogP contribution in [0.5, 0.6) is 11.5 Å². The number of thiazole rings is 1. The first kappa shape index (κ1) is 20.7. The minimum atomic E-state index is -0.0935. The molecule has 164 valence electrons. The standard InChI is InChI=1S/C25H24N2O4S/c1-16-23(32-24(26-16)18-5-3-2-4-6-18)25(29)27-11-9-17(10-12-27)22(28)19-7-8-20-21(15-19)31-14-13-30-20/h2-8,15,17H,9-14H2,1H3. The van der Waals surface area contributed by atoms with Crippen molar-refractivity contribution in [1.82, 2.24) is 9.88 Å². The maximum Gasteiger partial charge on any atom is 0.265 e. The summed E-state index contributed by atoms with van der Waals surface area (Å²) in [5, 5.41) is 0.857. The van der Waals surface area contributed by atoms with Crippen LogP contribution in [0.15, 0.2) is 48.5 Å². The molecule has 2 aromatic carbocycles. The van der Waals surface area contributed by atoms with Gasteiger partial charge in [-0.1, -0.05) is 30.3 Å². The van der Waals surface area contributed by atoms with Crippen molar-refractivity contribution in [3.63, 3.8) is 0 Å². The molecular weight excluding hydrogens is 424 g/mol. The van der Waals surface area contributed by atoms with Crippen LogP contribution in [0.3, 0.4) is 0 Å². The molecule has 0 spiro atoms. The van der Waals surface area contributed by atoms with E-state index in [1.807, 2.05) is 42.2 Å². The monoisotopic (exact) mass is 448 g/mol. The van der Waals surface area contributed by atoms with Gasteiger partial charge in [0.25, 0.3) is 5.91 Å². The third-order valence-electron chi connectivity index (χ3n) is 5.99. The fraction of sp³-hybridized carbons (Fsp3) is 0.320. The number of aryl methyl sites for hydroxylation is 1. The molecule has 1 fully saturated rings. The number of likely N-dealkylation sites (tertiary alicyclic amines) is 1. The number of Topliss-reactive ketones (excluding diaryl/α,β-unsaturated/α-hetero) is 1. The van der Waals surface area contributed by atoms with E-state index in [4.69, 9.17) is 9.47 Å². The van der Waals surface area contributed by atoms with Crippen LogP contribution in [0.4, 0.5) is 0 Å². The van der Waals surface area contributed by atoms with Crippen molar-refractivity contribution in [2.24, 2.45) is 5.92 Å². The first-order chi connectivity index (χ1) is 15.6. The van der Waals surface area contributed by atoms with E-state index in [0.717, 1.165) is 16.3 Å². The normalized spacial score (nSPS) is 16.1. The Bertz CT molecular complexity index is 1150. The number of rotatable bonds is 4. The molecule has 1 saturated heterocycles. The first-order valence-electron chi connectivity index (χ1n) is 10.9. The van der Waals surface area contributed by atoms with Gasteiger partial charge in [0.1, 0.15) is 23.1 Å². The smallest absolute Gasteiger partial charge is 0.265 e. The second-order valence-electron chi connectivity index (χ2n) is 8.09. The van der Waals surface area contributed by atoms with Gasteiger partial charge in [-0.15, -0.1) is 11.3 Å². The van der Waals surface area contributed by atoms with Crippen LogP contribution in [-0.4, -0.2) is 47.9 Å². The number of hydrogen-bond donors (Lipinski definition) is 0. The number of aromatic nitrogens is 1. The molecule has 0 atom stereocenters. The third-order valence-corrected chi connectivity index (χ3v) is 7.19. The molecule has 0 bridgehead atoms. The van der Waals surface area contributed by atoms with Crippen LogP contribution < -0.4 is 9.47 Å². The van der Waals surface area contributed by atoms with E-state index >= 15 is 0 Å². The van der Waals surface area contributed by atoms with Gasteiger partial charge in [0.2, 0.25) is 0 Å². The lowest BCUT2D eigenvalue weighted by atomic mass is 9.88. The molecule has 1 aromatic heterocycles. The minimum absolute atomic E-state index is 0.00686. The second-order valence-corrected chi connectivity index (χ2v) is 9.09. The largest absolute Gasteiger partial charge is 0.486 e. The van der Waals surface area contributed by atoms with Gasteiger partial charge < -0.3 is 14.4 Å². The molecular formula is C25H24N2O4S. The number of carbonyl (C=O) groups is 2. The minimum Gasteiger partial charge on any atom is -0.486 e. The molecule has 0 N–H and O–H groups in total. The lowest BCUT2D eigenvalue weighted by molar-refractivity contribution is 0.0653. The van der Waals surface area contributed by atoms with Gasteiger partial charge in [0.15, 0.2) is 17.3 Å². The summed E-state index contributed by atoms with van der Waals surface area (Å²) in [5.41, 5.74) is 2.42. The Balaban J connectivity index is 1.24. The van der Waals surface area contributed by atoms with Gasteiger partial charge in [-0.05, 0) is 38.0 Å². The highest BCUT2D eigenvalue weighted by molar-refractivity contribution is 7.17. The highest BCUT2D eigenvalue weighted by atomic mass is 32.1. The Labute approximate surface area is 190 Å². The average molecular weight is 449 g/mol. The van der Waals surface area contributed by atoms with Gasteiger partial charge in [-0.2, -0.15) is 0 Å². The van der Waals surface area contributed by atoms with Gasteiger partial charge in [-0.3, -0.25) is 9.59 Å². The molecule has 2 aliphatic rings. The van der Waals surface area contributed by atoms with Gasteiger partial charge in [0, 0.05) is 30.1 Å². The summed E-state index contributed by atoms with van der Waals surface area (Å²) in [4.78, 5) is 33.3. The predicted octanol–water partition coefficient (Wildman–Crippen LogP) is 4.62. The van der Waals surface area contributed by atoms with E-state index in [0.29, 0.717) is 61.1 Å². The Hall–Kier alpha value is -3.19. The molecule has 5 rings (SSSR count). The zero-order valence-corrected chi connectivity index (χ0v) is 18.7. The molecule has 0 saturated carbocycles. The molecule has 6 nitrogen and oxygen atoms in total. The lowest BCUT2D eigenvalue weighted by Gasteiger charge is -2.31. The molecule has 3 aromatic rings. The zero-order valence-electron chi connectivity index (χ0n) is 17.9. The summed E-state index contributed by atoms with van der Waals surface area (Å²) in [6, 6.07) is 15.3. The molecule has 2 aliphatic heterocycles. The number of ketones is 1. The first-order valence-corrected chi connectivity index (χ1v) is 11.7. The van der Waals surface area contributed by atoms with Crippen molar-refractivity contribution in [3.8, 4) is 22.1 Å². The van der Waals surface area contributed by atoms with Crippen LogP contribution in [0.1, 0.15) is 38.6 Å². The number of benzene rings is 2. The SMILES string of the molecule is Cc1nc(-c2ccccc2)sc1C(=O)N1CCC(C(=O)c2ccc3c(c2)OCCO3)CC1. The summed E-state index contributed by atoms with van der Waals surface area (Å²) in [5.74, 6) is 1.33. The van der Waals surface area contributed by atoms with Crippen LogP contribution in [-0.2, 0) is 0 Å². The second kappa shape index (κ2) is 8.74. The van der Waals surface area contributed by atoms with Gasteiger partial charge in [-0.25, -0.2) is 4.98 Å². The van der Waals surface area contributed by atoms with E-state index in [9.17, 15) is 9.59 Å². The molecule has 7 heteroatoms. The molecule has 0 unspecified atom stereocenters. The number of nitrogens with zero attached hydrogens (tertiary/aromatic N) is 2. The fourth-order valence-electron chi connectivity index (χ4n) is 4.22. The van der Waals surface area contributed by atoms with E-state index in [1.54, 1.807) is 18.2 Å². The highest BCUT2D eigenvalue weighted by Crippen LogP contribution is 2.33. The van der Waals surface area contributed by atoms with Crippen molar-refractivity contribution in [2.75, 3.05) is 26.3 Å². The number of fused-ring (bicyclic) bond motifs is 1. The summed E-state index contributed by atoms with van der Waals surface area (Å²) < 4.78 is 11.2. The number of amides is 1. The summed E-state index contributed by atoms with van der Waals surface area (Å²) >= 11 is 1.44. The fourth-order valence-corrected chi connectivity index (χ4v) is 5.26. The number of piperidine rings is 1. The van der Waals surface area contributed by atoms with Crippen molar-refractivity contribution >= 4 is 23.0 Å². The Morgan fingerprint density at radius 1 is 1.00 bits per heavy atom. The molecule has 0 radical (unpaired) electrons. The average Bonchev–Trinajstić information content (AvgIpc) is 3.25. The maximum atomic E-state index is 13.2. The van der Waals surface area contributed by atoms with Crippen molar-refractivity contribution < 1.29 is 19.1 Å². The summed E-state index contributed by atoms with van der Waals surface area (Å²) in [6.45, 7) is 4.04. The number of ether oxygens (including phenoxy) is 2. The third kappa shape index (κ3) is 4.00.